The molecule has 0 aromatic carbocycles. The Balaban J connectivity index is 2.11. The van der Waals surface area contributed by atoms with Gasteiger partial charge in [-0.15, -0.1) is 0 Å². The first kappa shape index (κ1) is 15.5. The average molecular weight is 338 g/mol. The van der Waals surface area contributed by atoms with E-state index in [4.69, 9.17) is 11.6 Å². The van der Waals surface area contributed by atoms with Gasteiger partial charge in [-0.1, -0.05) is 0 Å². The first-order chi connectivity index (χ1) is 10.8. The molecule has 0 radical (unpaired) electrons. The summed E-state index contributed by atoms with van der Waals surface area (Å²) in [4.78, 5) is 32.8. The van der Waals surface area contributed by atoms with E-state index in [2.05, 4.69) is 15.1 Å². The molecular weight excluding hydrogens is 322 g/mol. The number of nitrogens with zero attached hydrogens (tertiary/aromatic N) is 7. The molecule has 9 nitrogen and oxygen atoms in total. The Hall–Kier alpha value is -2.42. The molecule has 0 aliphatic carbocycles. The molecule has 0 unspecified atom stereocenters. The van der Waals surface area contributed by atoms with Gasteiger partial charge in [-0.25, -0.2) is 14.5 Å². The van der Waals surface area contributed by atoms with Gasteiger partial charge in [-0.2, -0.15) is 10.1 Å². The van der Waals surface area contributed by atoms with Crippen LogP contribution in [-0.4, -0.2) is 33.4 Å². The second kappa shape index (κ2) is 5.34. The molecule has 3 rings (SSSR count). The highest BCUT2D eigenvalue weighted by Crippen LogP contribution is 2.15. The molecule has 0 amide bonds. The van der Waals surface area contributed by atoms with E-state index in [0.29, 0.717) is 24.4 Å². The molecule has 0 bridgehead atoms. The van der Waals surface area contributed by atoms with E-state index in [9.17, 15) is 9.59 Å². The normalized spacial score (nSPS) is 11.5. The van der Waals surface area contributed by atoms with Crippen LogP contribution in [0.3, 0.4) is 0 Å². The summed E-state index contributed by atoms with van der Waals surface area (Å²) in [6.07, 6.45) is 0. The molecule has 0 N–H and O–H groups in total. The number of aryl methyl sites for hydroxylation is 5. The fraction of sp³-hybridized carbons (Fsp3) is 0.462. The van der Waals surface area contributed by atoms with E-state index >= 15 is 0 Å². The highest BCUT2D eigenvalue weighted by molar-refractivity contribution is 6.29. The molecule has 0 saturated heterocycles. The predicted molar refractivity (Wildman–Crippen MR) is 84.7 cm³/mol. The molecule has 0 fully saturated rings. The molecule has 0 aliphatic heterocycles. The van der Waals surface area contributed by atoms with Crippen LogP contribution in [0.2, 0.25) is 5.28 Å². The van der Waals surface area contributed by atoms with E-state index < -0.39 is 11.2 Å². The molecule has 10 heteroatoms. The Labute approximate surface area is 135 Å². The topological polar surface area (TPSA) is 92.5 Å². The van der Waals surface area contributed by atoms with Crippen molar-refractivity contribution >= 4 is 22.8 Å². The lowest BCUT2D eigenvalue weighted by Crippen LogP contribution is -2.37. The number of rotatable bonds is 3. The lowest BCUT2D eigenvalue weighted by molar-refractivity contribution is 0.525. The highest BCUT2D eigenvalue weighted by atomic mass is 35.5. The smallest absolute Gasteiger partial charge is 0.307 e. The molecular formula is C13H16ClN7O2. The quantitative estimate of drug-likeness (QED) is 0.627. The van der Waals surface area contributed by atoms with Crippen LogP contribution in [0.1, 0.15) is 11.6 Å². The number of hydrogen-bond donors (Lipinski definition) is 0. The van der Waals surface area contributed by atoms with Crippen molar-refractivity contribution < 1.29 is 0 Å². The first-order valence-electron chi connectivity index (χ1n) is 7.01. The largest absolute Gasteiger partial charge is 0.332 e. The Kier molecular flexibility index (Phi) is 3.59. The summed E-state index contributed by atoms with van der Waals surface area (Å²) in [7, 11) is 2.99. The molecule has 0 atom stereocenters. The third kappa shape index (κ3) is 2.37. The zero-order chi connectivity index (χ0) is 16.9. The number of halogens is 1. The summed E-state index contributed by atoms with van der Waals surface area (Å²) < 4.78 is 5.69. The van der Waals surface area contributed by atoms with Gasteiger partial charge in [-0.3, -0.25) is 13.9 Å². The van der Waals surface area contributed by atoms with Crippen LogP contribution in [0.5, 0.6) is 0 Å². The Morgan fingerprint density at radius 1 is 1.04 bits per heavy atom. The lowest BCUT2D eigenvalue weighted by atomic mass is 10.4. The summed E-state index contributed by atoms with van der Waals surface area (Å²) >= 11 is 6.17. The summed E-state index contributed by atoms with van der Waals surface area (Å²) in [5.41, 5.74) is -0.288. The fourth-order valence-electron chi connectivity index (χ4n) is 2.59. The maximum atomic E-state index is 12.4. The van der Waals surface area contributed by atoms with Gasteiger partial charge in [0.05, 0.1) is 6.54 Å². The van der Waals surface area contributed by atoms with E-state index in [1.54, 1.807) is 16.3 Å². The Morgan fingerprint density at radius 2 is 1.74 bits per heavy atom. The maximum absolute atomic E-state index is 12.4. The second-order valence-corrected chi connectivity index (χ2v) is 5.68. The summed E-state index contributed by atoms with van der Waals surface area (Å²) in [5, 5.41) is 4.44. The van der Waals surface area contributed by atoms with Crippen molar-refractivity contribution in [2.75, 3.05) is 0 Å². The van der Waals surface area contributed by atoms with Crippen molar-refractivity contribution in [2.45, 2.75) is 26.9 Å². The van der Waals surface area contributed by atoms with E-state index in [-0.39, 0.29) is 10.9 Å². The molecule has 0 spiro atoms. The highest BCUT2D eigenvalue weighted by Gasteiger charge is 2.18. The third-order valence-corrected chi connectivity index (χ3v) is 4.09. The zero-order valence-corrected chi connectivity index (χ0v) is 14.0. The van der Waals surface area contributed by atoms with Crippen LogP contribution < -0.4 is 11.2 Å². The van der Waals surface area contributed by atoms with Gasteiger partial charge in [0.15, 0.2) is 11.2 Å². The van der Waals surface area contributed by atoms with Crippen molar-refractivity contribution in [3.63, 3.8) is 0 Å². The van der Waals surface area contributed by atoms with Crippen molar-refractivity contribution in [1.29, 1.82) is 0 Å². The van der Waals surface area contributed by atoms with Crippen molar-refractivity contribution in [1.82, 2.24) is 33.4 Å². The van der Waals surface area contributed by atoms with Crippen LogP contribution in [0, 0.1) is 13.8 Å². The molecule has 23 heavy (non-hydrogen) atoms. The van der Waals surface area contributed by atoms with Crippen LogP contribution in [0.25, 0.3) is 11.2 Å². The minimum absolute atomic E-state index is 0.160. The van der Waals surface area contributed by atoms with Crippen molar-refractivity contribution in [3.05, 3.63) is 37.8 Å². The SMILES string of the molecule is Cc1nc(C)n(CCn2c(Cl)nc3c2c(=O)n(C)c(=O)n3C)n1. The van der Waals surface area contributed by atoms with Gasteiger partial charge in [0.2, 0.25) is 5.28 Å². The van der Waals surface area contributed by atoms with Crippen molar-refractivity contribution in [2.24, 2.45) is 14.1 Å². The van der Waals surface area contributed by atoms with Crippen LogP contribution in [0.4, 0.5) is 0 Å². The van der Waals surface area contributed by atoms with E-state index in [0.717, 1.165) is 10.4 Å². The standard InChI is InChI=1S/C13H16ClN7O2/c1-7-15-8(2)21(17-7)6-5-20-9-10(16-12(20)14)18(3)13(23)19(4)11(9)22/h5-6H2,1-4H3. The molecule has 3 heterocycles. The number of aromatic nitrogens is 7. The molecule has 3 aromatic heterocycles. The number of fused-ring (bicyclic) bond motifs is 1. The Bertz CT molecular complexity index is 1020. The van der Waals surface area contributed by atoms with Gasteiger partial charge in [0.25, 0.3) is 5.56 Å². The van der Waals surface area contributed by atoms with Crippen molar-refractivity contribution in [3.8, 4) is 0 Å². The zero-order valence-electron chi connectivity index (χ0n) is 13.2. The van der Waals surface area contributed by atoms with Gasteiger partial charge >= 0.3 is 5.69 Å². The van der Waals surface area contributed by atoms with E-state index in [1.165, 1.54) is 11.6 Å². The molecule has 3 aromatic rings. The summed E-state index contributed by atoms with van der Waals surface area (Å²) in [6, 6.07) is 0. The van der Waals surface area contributed by atoms with Gasteiger partial charge in [-0.05, 0) is 25.4 Å². The first-order valence-corrected chi connectivity index (χ1v) is 7.39. The van der Waals surface area contributed by atoms with Crippen LogP contribution >= 0.6 is 11.6 Å². The van der Waals surface area contributed by atoms with Gasteiger partial charge in [0.1, 0.15) is 11.6 Å². The minimum atomic E-state index is -0.438. The number of imidazole rings is 1. The second-order valence-electron chi connectivity index (χ2n) is 5.34. The number of hydrogen-bond acceptors (Lipinski definition) is 5. The summed E-state index contributed by atoms with van der Waals surface area (Å²) in [6.45, 7) is 4.56. The van der Waals surface area contributed by atoms with Gasteiger partial charge in [0, 0.05) is 20.6 Å². The maximum Gasteiger partial charge on any atom is 0.332 e. The van der Waals surface area contributed by atoms with Gasteiger partial charge < -0.3 is 4.57 Å². The monoisotopic (exact) mass is 337 g/mol. The van der Waals surface area contributed by atoms with E-state index in [1.807, 2.05) is 13.8 Å². The summed E-state index contributed by atoms with van der Waals surface area (Å²) in [5.74, 6) is 1.46. The molecule has 122 valence electrons. The van der Waals surface area contributed by atoms with Crippen LogP contribution in [0.15, 0.2) is 9.59 Å². The Morgan fingerprint density at radius 3 is 2.35 bits per heavy atom. The van der Waals surface area contributed by atoms with Crippen LogP contribution in [-0.2, 0) is 27.2 Å². The predicted octanol–water partition coefficient (Wildman–Crippen LogP) is -0.00436. The molecule has 0 aliphatic rings. The molecule has 0 saturated carbocycles. The lowest BCUT2D eigenvalue weighted by Gasteiger charge is -2.08. The average Bonchev–Trinajstić information content (AvgIpc) is 3.00. The fourth-order valence-corrected chi connectivity index (χ4v) is 2.84. The minimum Gasteiger partial charge on any atom is -0.307 e. The third-order valence-electron chi connectivity index (χ3n) is 3.80.